The van der Waals surface area contributed by atoms with Crippen molar-refractivity contribution in [2.75, 3.05) is 0 Å². The van der Waals surface area contributed by atoms with Crippen LogP contribution >= 0.6 is 0 Å². The lowest BCUT2D eigenvalue weighted by atomic mass is 10.2. The quantitative estimate of drug-likeness (QED) is 0.582. The van der Waals surface area contributed by atoms with Gasteiger partial charge in [0.25, 0.3) is 14.3 Å². The second kappa shape index (κ2) is 9.10. The summed E-state index contributed by atoms with van der Waals surface area (Å²) in [4.78, 5) is 12.5. The molecule has 3 nitrogen and oxygen atoms in total. The van der Waals surface area contributed by atoms with Crippen LogP contribution < -0.4 is 0 Å². The Hall–Kier alpha value is -0.136. The highest BCUT2D eigenvalue weighted by Gasteiger charge is 2.44. The van der Waals surface area contributed by atoms with Crippen LogP contribution in [0.1, 0.15) is 60.3 Å². The van der Waals surface area contributed by atoms with Gasteiger partial charge in [-0.3, -0.25) is 4.79 Å². The van der Waals surface area contributed by atoms with Gasteiger partial charge in [-0.1, -0.05) is 33.6 Å². The fraction of sp³-hybridized carbons (Fsp3) is 0.938. The molecule has 0 bridgehead atoms. The van der Waals surface area contributed by atoms with E-state index in [0.29, 0.717) is 15.3 Å². The maximum absolute atomic E-state index is 12.5. The van der Waals surface area contributed by atoms with E-state index in [9.17, 15) is 4.79 Å². The molecule has 21 heavy (non-hydrogen) atoms. The Kier molecular flexibility index (Phi) is 8.20. The molecule has 0 N–H and O–H groups in total. The number of hydrogen-bond donors (Lipinski definition) is 0. The largest absolute Gasteiger partial charge is 0.519 e. The van der Waals surface area contributed by atoms with Crippen molar-refractivity contribution in [1.82, 2.24) is 0 Å². The monoisotopic (exact) mass is 328 g/mol. The molecule has 1 atom stereocenters. The SMILES string of the molecule is CC[Si](CC)(OC(=O)C(C)C[Si]OC(C)C)C1CCCC1. The summed E-state index contributed by atoms with van der Waals surface area (Å²) in [5.41, 5.74) is 0.693. The summed E-state index contributed by atoms with van der Waals surface area (Å²) in [7, 11) is -1.49. The second-order valence-corrected chi connectivity index (χ2v) is 12.1. The van der Waals surface area contributed by atoms with Gasteiger partial charge in [-0.15, -0.1) is 0 Å². The van der Waals surface area contributed by atoms with Crippen LogP contribution in [-0.4, -0.2) is 30.2 Å². The van der Waals surface area contributed by atoms with Crippen molar-refractivity contribution in [1.29, 1.82) is 0 Å². The van der Waals surface area contributed by atoms with E-state index < -0.39 is 8.32 Å². The van der Waals surface area contributed by atoms with E-state index in [1.165, 1.54) is 25.7 Å². The zero-order valence-corrected chi connectivity index (χ0v) is 16.4. The molecule has 1 fully saturated rings. The van der Waals surface area contributed by atoms with Gasteiger partial charge in [0.05, 0.1) is 5.92 Å². The molecule has 2 radical (unpaired) electrons. The Morgan fingerprint density at radius 1 is 1.19 bits per heavy atom. The van der Waals surface area contributed by atoms with Gasteiger partial charge >= 0.3 is 0 Å². The summed E-state index contributed by atoms with van der Waals surface area (Å²) in [6, 6.07) is 2.93. The molecular weight excluding hydrogens is 296 g/mol. The topological polar surface area (TPSA) is 35.5 Å². The van der Waals surface area contributed by atoms with Crippen LogP contribution in [0, 0.1) is 5.92 Å². The smallest absolute Gasteiger partial charge is 0.295 e. The number of rotatable bonds is 9. The molecule has 0 aromatic carbocycles. The molecule has 1 saturated carbocycles. The van der Waals surface area contributed by atoms with Gasteiger partial charge in [0.1, 0.15) is 0 Å². The van der Waals surface area contributed by atoms with Crippen molar-refractivity contribution >= 4 is 24.0 Å². The van der Waals surface area contributed by atoms with Crippen molar-refractivity contribution in [3.8, 4) is 0 Å². The first kappa shape index (κ1) is 18.9. The lowest BCUT2D eigenvalue weighted by molar-refractivity contribution is -0.138. The number of hydrogen-bond acceptors (Lipinski definition) is 3. The number of carbonyl (C=O) groups excluding carboxylic acids is 1. The van der Waals surface area contributed by atoms with Crippen LogP contribution in [0.25, 0.3) is 0 Å². The van der Waals surface area contributed by atoms with Crippen LogP contribution in [0.3, 0.4) is 0 Å². The first-order valence-electron chi connectivity index (χ1n) is 8.56. The molecule has 5 heteroatoms. The lowest BCUT2D eigenvalue weighted by Gasteiger charge is -2.35. The maximum atomic E-state index is 12.5. The third kappa shape index (κ3) is 5.53. The summed E-state index contributed by atoms with van der Waals surface area (Å²) in [5, 5.41) is 0. The molecule has 1 unspecified atom stereocenters. The van der Waals surface area contributed by atoms with E-state index in [2.05, 4.69) is 13.8 Å². The fourth-order valence-electron chi connectivity index (χ4n) is 3.23. The summed E-state index contributed by atoms with van der Waals surface area (Å²) >= 11 is 0. The highest BCUT2D eigenvalue weighted by Crippen LogP contribution is 2.43. The summed E-state index contributed by atoms with van der Waals surface area (Å²) < 4.78 is 11.8. The van der Waals surface area contributed by atoms with Crippen molar-refractivity contribution in [3.63, 3.8) is 0 Å². The Morgan fingerprint density at radius 3 is 2.24 bits per heavy atom. The lowest BCUT2D eigenvalue weighted by Crippen LogP contribution is -2.44. The first-order valence-corrected chi connectivity index (χ1v) is 12.1. The van der Waals surface area contributed by atoms with Crippen LogP contribution in [0.5, 0.6) is 0 Å². The summed E-state index contributed by atoms with van der Waals surface area (Å²) in [5.74, 6) is -0.00872. The third-order valence-corrected chi connectivity index (χ3v) is 11.2. The molecule has 0 aromatic heterocycles. The fourth-order valence-corrected chi connectivity index (χ4v) is 8.25. The first-order chi connectivity index (χ1) is 9.95. The minimum atomic E-state index is -1.88. The van der Waals surface area contributed by atoms with Crippen LogP contribution in [-0.2, 0) is 13.6 Å². The van der Waals surface area contributed by atoms with Crippen molar-refractivity contribution < 1.29 is 13.6 Å². The molecule has 0 spiro atoms. The highest BCUT2D eigenvalue weighted by molar-refractivity contribution is 6.76. The molecule has 0 amide bonds. The van der Waals surface area contributed by atoms with Gasteiger partial charge in [-0.25, -0.2) is 0 Å². The molecule has 1 aliphatic carbocycles. The average Bonchev–Trinajstić information content (AvgIpc) is 2.98. The van der Waals surface area contributed by atoms with E-state index in [1.807, 2.05) is 20.8 Å². The maximum Gasteiger partial charge on any atom is 0.295 e. The van der Waals surface area contributed by atoms with Crippen LogP contribution in [0.15, 0.2) is 0 Å². The van der Waals surface area contributed by atoms with Crippen molar-refractivity contribution in [2.24, 2.45) is 5.92 Å². The Bertz CT molecular complexity index is 311. The van der Waals surface area contributed by atoms with Gasteiger partial charge in [0.2, 0.25) is 9.76 Å². The number of carbonyl (C=O) groups is 1. The summed E-state index contributed by atoms with van der Waals surface area (Å²) in [6.07, 6.45) is 5.41. The minimum absolute atomic E-state index is 0.0251. The zero-order chi connectivity index (χ0) is 15.9. The average molecular weight is 329 g/mol. The molecule has 0 saturated heterocycles. The van der Waals surface area contributed by atoms with E-state index in [4.69, 9.17) is 8.85 Å². The van der Waals surface area contributed by atoms with Gasteiger partial charge in [0.15, 0.2) is 0 Å². The molecular formula is C16H32O3Si2. The standard InChI is InChI=1S/C16H32O3Si2/c1-6-21(7-2,15-10-8-9-11-15)19-16(17)14(5)12-20-18-13(3)4/h13-15H,6-12H2,1-5H3. The molecule has 0 aromatic rings. The van der Waals surface area contributed by atoms with Gasteiger partial charge in [-0.05, 0) is 50.4 Å². The van der Waals surface area contributed by atoms with Gasteiger partial charge in [-0.2, -0.15) is 0 Å². The van der Waals surface area contributed by atoms with E-state index in [0.717, 1.165) is 18.1 Å². The third-order valence-electron chi connectivity index (χ3n) is 4.71. The highest BCUT2D eigenvalue weighted by atomic mass is 28.4. The van der Waals surface area contributed by atoms with E-state index in [-0.39, 0.29) is 18.0 Å². The zero-order valence-electron chi connectivity index (χ0n) is 14.4. The Labute approximate surface area is 134 Å². The Balaban J connectivity index is 2.55. The molecule has 0 heterocycles. The van der Waals surface area contributed by atoms with E-state index in [1.54, 1.807) is 0 Å². The van der Waals surface area contributed by atoms with E-state index >= 15 is 0 Å². The van der Waals surface area contributed by atoms with Crippen LogP contribution in [0.4, 0.5) is 0 Å². The van der Waals surface area contributed by atoms with Crippen molar-refractivity contribution in [2.45, 2.75) is 90.1 Å². The molecule has 1 aliphatic rings. The molecule has 0 aliphatic heterocycles. The van der Waals surface area contributed by atoms with Gasteiger partial charge in [0, 0.05) is 6.10 Å². The van der Waals surface area contributed by atoms with Crippen molar-refractivity contribution in [3.05, 3.63) is 0 Å². The molecule has 122 valence electrons. The second-order valence-electron chi connectivity index (χ2n) is 6.59. The Morgan fingerprint density at radius 2 is 1.76 bits per heavy atom. The van der Waals surface area contributed by atoms with Crippen LogP contribution in [0.2, 0.25) is 23.7 Å². The minimum Gasteiger partial charge on any atom is -0.519 e. The predicted octanol–water partition coefficient (Wildman–Crippen LogP) is 4.56. The van der Waals surface area contributed by atoms with Gasteiger partial charge < -0.3 is 8.85 Å². The molecule has 1 rings (SSSR count). The summed E-state index contributed by atoms with van der Waals surface area (Å²) in [6.45, 7) is 10.5. The normalized spacial score (nSPS) is 18.2. The predicted molar refractivity (Wildman–Crippen MR) is 91.0 cm³/mol.